The van der Waals surface area contributed by atoms with Crippen molar-refractivity contribution in [2.75, 3.05) is 11.9 Å². The van der Waals surface area contributed by atoms with Crippen LogP contribution in [0.3, 0.4) is 0 Å². The maximum atomic E-state index is 5.17. The molecule has 2 heterocycles. The highest BCUT2D eigenvalue weighted by molar-refractivity contribution is 5.51. The van der Waals surface area contributed by atoms with Crippen molar-refractivity contribution in [3.8, 4) is 5.75 Å². The number of anilines is 1. The van der Waals surface area contributed by atoms with Gasteiger partial charge >= 0.3 is 0 Å². The van der Waals surface area contributed by atoms with Gasteiger partial charge in [0.25, 0.3) is 0 Å². The van der Waals surface area contributed by atoms with Gasteiger partial charge in [-0.2, -0.15) is 0 Å². The normalized spacial score (nSPS) is 14.8. The maximum absolute atomic E-state index is 5.17. The van der Waals surface area contributed by atoms with Crippen molar-refractivity contribution in [3.05, 3.63) is 24.9 Å². The molecule has 1 aromatic heterocycles. The van der Waals surface area contributed by atoms with Gasteiger partial charge in [0.15, 0.2) is 18.2 Å². The van der Waals surface area contributed by atoms with E-state index < -0.39 is 0 Å². The number of nitrogens with one attached hydrogen (secondary N) is 1. The first-order chi connectivity index (χ1) is 4.97. The summed E-state index contributed by atoms with van der Waals surface area (Å²) in [5, 5.41) is 3.07. The van der Waals surface area contributed by atoms with Crippen molar-refractivity contribution in [1.82, 2.24) is 4.98 Å². The maximum Gasteiger partial charge on any atom is 0.168 e. The summed E-state index contributed by atoms with van der Waals surface area (Å²) in [4.78, 5) is 4.06. The Balaban J connectivity index is 2.41. The fourth-order valence-electron chi connectivity index (χ4n) is 0.888. The third-order valence-electron chi connectivity index (χ3n) is 1.33. The molecule has 1 aromatic rings. The molecule has 0 aliphatic carbocycles. The van der Waals surface area contributed by atoms with Gasteiger partial charge in [-0.25, -0.2) is 4.98 Å². The molecule has 0 saturated heterocycles. The highest BCUT2D eigenvalue weighted by atomic mass is 16.5. The van der Waals surface area contributed by atoms with Crippen LogP contribution in [0.4, 0.5) is 5.82 Å². The standard InChI is InChI=1S/C7H7N2O/c1-2-6-7(8-3-1)9-4-5-10-6/h1-3,5H,4H2,(H,8,9). The van der Waals surface area contributed by atoms with E-state index in [4.69, 9.17) is 4.74 Å². The Labute approximate surface area is 59.0 Å². The molecular weight excluding hydrogens is 128 g/mol. The minimum Gasteiger partial charge on any atom is -0.481 e. The first-order valence-electron chi connectivity index (χ1n) is 3.14. The Bertz CT molecular complexity index is 212. The molecular formula is C7H7N2O. The molecule has 2 rings (SSSR count). The number of fused-ring (bicyclic) bond motifs is 1. The third-order valence-corrected chi connectivity index (χ3v) is 1.33. The molecule has 1 radical (unpaired) electrons. The first-order valence-corrected chi connectivity index (χ1v) is 3.14. The minimum absolute atomic E-state index is 0.726. The summed E-state index contributed by atoms with van der Waals surface area (Å²) in [6, 6.07) is 3.73. The summed E-state index contributed by atoms with van der Waals surface area (Å²) in [5.41, 5.74) is 0. The predicted octanol–water partition coefficient (Wildman–Crippen LogP) is 1.05. The van der Waals surface area contributed by atoms with Gasteiger partial charge in [-0.05, 0) is 12.1 Å². The van der Waals surface area contributed by atoms with Crippen LogP contribution in [0.2, 0.25) is 0 Å². The van der Waals surface area contributed by atoms with E-state index in [2.05, 4.69) is 10.3 Å². The van der Waals surface area contributed by atoms with Gasteiger partial charge in [0, 0.05) is 6.20 Å². The fourth-order valence-corrected chi connectivity index (χ4v) is 0.888. The predicted molar refractivity (Wildman–Crippen MR) is 37.7 cm³/mol. The Morgan fingerprint density at radius 3 is 3.50 bits per heavy atom. The van der Waals surface area contributed by atoms with E-state index in [1.54, 1.807) is 12.8 Å². The zero-order chi connectivity index (χ0) is 6.81. The van der Waals surface area contributed by atoms with Gasteiger partial charge < -0.3 is 10.1 Å². The molecule has 0 atom stereocenters. The van der Waals surface area contributed by atoms with Crippen LogP contribution in [0.15, 0.2) is 18.3 Å². The largest absolute Gasteiger partial charge is 0.481 e. The lowest BCUT2D eigenvalue weighted by atomic mass is 10.4. The molecule has 0 amide bonds. The summed E-state index contributed by atoms with van der Waals surface area (Å²) in [5.74, 6) is 1.62. The highest BCUT2D eigenvalue weighted by Gasteiger charge is 2.08. The van der Waals surface area contributed by atoms with Crippen molar-refractivity contribution < 1.29 is 4.74 Å². The molecule has 0 unspecified atom stereocenters. The molecule has 51 valence electrons. The zero-order valence-corrected chi connectivity index (χ0v) is 5.37. The van der Waals surface area contributed by atoms with Crippen LogP contribution in [0, 0.1) is 6.61 Å². The monoisotopic (exact) mass is 135 g/mol. The van der Waals surface area contributed by atoms with Crippen molar-refractivity contribution >= 4 is 5.82 Å². The minimum atomic E-state index is 0.726. The third kappa shape index (κ3) is 0.795. The Kier molecular flexibility index (Phi) is 1.20. The van der Waals surface area contributed by atoms with Crippen LogP contribution in [0.1, 0.15) is 0 Å². The topological polar surface area (TPSA) is 34.2 Å². The van der Waals surface area contributed by atoms with Gasteiger partial charge in [0.1, 0.15) is 0 Å². The lowest BCUT2D eigenvalue weighted by molar-refractivity contribution is 0.398. The molecule has 0 saturated carbocycles. The summed E-state index contributed by atoms with van der Waals surface area (Å²) >= 11 is 0. The van der Waals surface area contributed by atoms with Crippen LogP contribution in [0.5, 0.6) is 5.75 Å². The van der Waals surface area contributed by atoms with E-state index >= 15 is 0 Å². The van der Waals surface area contributed by atoms with E-state index in [9.17, 15) is 0 Å². The van der Waals surface area contributed by atoms with Crippen molar-refractivity contribution in [2.24, 2.45) is 0 Å². The average Bonchev–Trinajstić information content (AvgIpc) is 2.05. The van der Waals surface area contributed by atoms with Gasteiger partial charge in [-0.3, -0.25) is 0 Å². The molecule has 10 heavy (non-hydrogen) atoms. The summed E-state index contributed by atoms with van der Waals surface area (Å²) in [6.07, 6.45) is 1.74. The highest BCUT2D eigenvalue weighted by Crippen LogP contribution is 2.23. The van der Waals surface area contributed by atoms with E-state index in [1.165, 1.54) is 0 Å². The fraction of sp³-hybridized carbons (Fsp3) is 0.143. The molecule has 3 nitrogen and oxygen atoms in total. The second kappa shape index (κ2) is 2.17. The Hall–Kier alpha value is -1.25. The van der Waals surface area contributed by atoms with Crippen LogP contribution < -0.4 is 10.1 Å². The van der Waals surface area contributed by atoms with Crippen molar-refractivity contribution in [1.29, 1.82) is 0 Å². The second-order valence-electron chi connectivity index (χ2n) is 2.02. The van der Waals surface area contributed by atoms with Crippen LogP contribution >= 0.6 is 0 Å². The van der Waals surface area contributed by atoms with E-state index in [1.807, 2.05) is 12.1 Å². The lowest BCUT2D eigenvalue weighted by Gasteiger charge is -2.15. The number of nitrogens with zero attached hydrogens (tertiary/aromatic N) is 1. The summed E-state index contributed by atoms with van der Waals surface area (Å²) in [7, 11) is 0. The van der Waals surface area contributed by atoms with Crippen LogP contribution in [-0.4, -0.2) is 11.5 Å². The SMILES string of the molecule is [CH]1CNc2ncccc2O1. The van der Waals surface area contributed by atoms with Gasteiger partial charge in [0.2, 0.25) is 0 Å². The molecule has 1 aliphatic heterocycles. The number of rotatable bonds is 0. The molecule has 1 aliphatic rings. The zero-order valence-electron chi connectivity index (χ0n) is 5.37. The molecule has 0 aromatic carbocycles. The number of hydrogen-bond acceptors (Lipinski definition) is 3. The van der Waals surface area contributed by atoms with Crippen LogP contribution in [-0.2, 0) is 0 Å². The Morgan fingerprint density at radius 2 is 2.60 bits per heavy atom. The van der Waals surface area contributed by atoms with E-state index in [-0.39, 0.29) is 0 Å². The number of ether oxygens (including phenoxy) is 1. The molecule has 3 heteroatoms. The number of aromatic nitrogens is 1. The molecule has 1 N–H and O–H groups in total. The first kappa shape index (κ1) is 5.53. The van der Waals surface area contributed by atoms with Crippen LogP contribution in [0.25, 0.3) is 0 Å². The van der Waals surface area contributed by atoms with Gasteiger partial charge in [-0.15, -0.1) is 0 Å². The molecule has 0 bridgehead atoms. The molecule has 0 spiro atoms. The van der Waals surface area contributed by atoms with Crippen molar-refractivity contribution in [3.63, 3.8) is 0 Å². The van der Waals surface area contributed by atoms with E-state index in [0.29, 0.717) is 0 Å². The number of hydrogen-bond donors (Lipinski definition) is 1. The smallest absolute Gasteiger partial charge is 0.168 e. The lowest BCUT2D eigenvalue weighted by Crippen LogP contribution is -2.13. The average molecular weight is 135 g/mol. The van der Waals surface area contributed by atoms with Gasteiger partial charge in [-0.1, -0.05) is 0 Å². The Morgan fingerprint density at radius 1 is 1.60 bits per heavy atom. The number of pyridine rings is 1. The quantitative estimate of drug-likeness (QED) is 0.577. The summed E-state index contributed by atoms with van der Waals surface area (Å²) < 4.78 is 5.17. The summed E-state index contributed by atoms with van der Waals surface area (Å²) in [6.45, 7) is 2.44. The molecule has 0 fully saturated rings. The van der Waals surface area contributed by atoms with Gasteiger partial charge in [0.05, 0.1) is 6.54 Å². The van der Waals surface area contributed by atoms with E-state index in [0.717, 1.165) is 18.1 Å². The van der Waals surface area contributed by atoms with Crippen molar-refractivity contribution in [2.45, 2.75) is 0 Å². The second-order valence-corrected chi connectivity index (χ2v) is 2.02.